The summed E-state index contributed by atoms with van der Waals surface area (Å²) in [5, 5.41) is 11.0. The van der Waals surface area contributed by atoms with Gasteiger partial charge in [0, 0.05) is 29.9 Å². The molecule has 1 saturated heterocycles. The average Bonchev–Trinajstić information content (AvgIpc) is 3.23. The standard InChI is InChI=1S/C19H28N4O/c1-14-17(15(2)22-21-14)12-20-13-18(23-10-6-7-11-23)16-8-4-5-9-19(16)24-3/h4-5,8-9,18,20H,6-7,10-13H2,1-3H3,(H,21,22). The van der Waals surface area contributed by atoms with Gasteiger partial charge in [-0.1, -0.05) is 18.2 Å². The first-order valence-corrected chi connectivity index (χ1v) is 8.79. The molecule has 1 aliphatic rings. The fourth-order valence-corrected chi connectivity index (χ4v) is 3.60. The highest BCUT2D eigenvalue weighted by atomic mass is 16.5. The number of rotatable bonds is 7. The molecule has 0 bridgehead atoms. The molecule has 5 nitrogen and oxygen atoms in total. The van der Waals surface area contributed by atoms with Crippen molar-refractivity contribution in [2.75, 3.05) is 26.7 Å². The lowest BCUT2D eigenvalue weighted by molar-refractivity contribution is 0.232. The van der Waals surface area contributed by atoms with Crippen molar-refractivity contribution in [3.8, 4) is 5.75 Å². The second-order valence-electron chi connectivity index (χ2n) is 6.54. The number of nitrogens with one attached hydrogen (secondary N) is 2. The van der Waals surface area contributed by atoms with Crippen LogP contribution in [0.1, 0.15) is 41.4 Å². The van der Waals surface area contributed by atoms with Crippen molar-refractivity contribution in [1.29, 1.82) is 0 Å². The van der Waals surface area contributed by atoms with Gasteiger partial charge in [0.25, 0.3) is 0 Å². The van der Waals surface area contributed by atoms with Gasteiger partial charge in [0.2, 0.25) is 0 Å². The molecule has 0 saturated carbocycles. The van der Waals surface area contributed by atoms with Crippen molar-refractivity contribution in [1.82, 2.24) is 20.4 Å². The molecule has 0 spiro atoms. The third-order valence-electron chi connectivity index (χ3n) is 5.00. The van der Waals surface area contributed by atoms with E-state index in [4.69, 9.17) is 4.74 Å². The summed E-state index contributed by atoms with van der Waals surface area (Å²) in [5.74, 6) is 0.979. The molecule has 1 aromatic carbocycles. The lowest BCUT2D eigenvalue weighted by Crippen LogP contribution is -2.34. The van der Waals surface area contributed by atoms with Crippen LogP contribution in [0, 0.1) is 13.8 Å². The van der Waals surface area contributed by atoms with Crippen LogP contribution in [-0.2, 0) is 6.54 Å². The summed E-state index contributed by atoms with van der Waals surface area (Å²) in [5.41, 5.74) is 4.77. The maximum absolute atomic E-state index is 5.61. The van der Waals surface area contributed by atoms with E-state index in [9.17, 15) is 0 Å². The topological polar surface area (TPSA) is 53.2 Å². The molecule has 0 amide bonds. The lowest BCUT2D eigenvalue weighted by Gasteiger charge is -2.29. The highest BCUT2D eigenvalue weighted by molar-refractivity contribution is 5.36. The van der Waals surface area contributed by atoms with E-state index in [1.807, 2.05) is 6.07 Å². The number of likely N-dealkylation sites (tertiary alicyclic amines) is 1. The first-order valence-electron chi connectivity index (χ1n) is 8.79. The van der Waals surface area contributed by atoms with Gasteiger partial charge in [-0.05, 0) is 45.8 Å². The van der Waals surface area contributed by atoms with Crippen LogP contribution in [0.3, 0.4) is 0 Å². The Morgan fingerprint density at radius 2 is 2.00 bits per heavy atom. The number of aromatic nitrogens is 2. The van der Waals surface area contributed by atoms with Crippen LogP contribution >= 0.6 is 0 Å². The number of para-hydroxylation sites is 1. The molecule has 0 radical (unpaired) electrons. The molecule has 130 valence electrons. The van der Waals surface area contributed by atoms with Gasteiger partial charge in [0.15, 0.2) is 0 Å². The first kappa shape index (κ1) is 17.0. The zero-order valence-electron chi connectivity index (χ0n) is 14.9. The predicted molar refractivity (Wildman–Crippen MR) is 96.3 cm³/mol. The number of benzene rings is 1. The monoisotopic (exact) mass is 328 g/mol. The predicted octanol–water partition coefficient (Wildman–Crippen LogP) is 2.96. The second-order valence-corrected chi connectivity index (χ2v) is 6.54. The van der Waals surface area contributed by atoms with Gasteiger partial charge in [0.1, 0.15) is 5.75 Å². The fraction of sp³-hybridized carbons (Fsp3) is 0.526. The summed E-state index contributed by atoms with van der Waals surface area (Å²) in [4.78, 5) is 2.57. The van der Waals surface area contributed by atoms with Crippen molar-refractivity contribution in [2.24, 2.45) is 0 Å². The minimum absolute atomic E-state index is 0.344. The molecule has 5 heteroatoms. The molecule has 24 heavy (non-hydrogen) atoms. The van der Waals surface area contributed by atoms with E-state index in [1.165, 1.54) is 24.0 Å². The van der Waals surface area contributed by atoms with Crippen LogP contribution in [-0.4, -0.2) is 41.8 Å². The Kier molecular flexibility index (Phi) is 5.53. The quantitative estimate of drug-likeness (QED) is 0.820. The summed E-state index contributed by atoms with van der Waals surface area (Å²) in [6, 6.07) is 8.73. The van der Waals surface area contributed by atoms with Crippen LogP contribution in [0.5, 0.6) is 5.75 Å². The van der Waals surface area contributed by atoms with Crippen LogP contribution in [0.4, 0.5) is 0 Å². The minimum atomic E-state index is 0.344. The van der Waals surface area contributed by atoms with Crippen molar-refractivity contribution in [3.05, 3.63) is 46.8 Å². The first-order chi connectivity index (χ1) is 11.7. The third kappa shape index (κ3) is 3.62. The van der Waals surface area contributed by atoms with E-state index >= 15 is 0 Å². The Labute approximate surface area is 144 Å². The Hall–Kier alpha value is -1.85. The van der Waals surface area contributed by atoms with E-state index < -0.39 is 0 Å². The van der Waals surface area contributed by atoms with E-state index in [0.29, 0.717) is 6.04 Å². The average molecular weight is 328 g/mol. The van der Waals surface area contributed by atoms with Gasteiger partial charge in [-0.3, -0.25) is 10.00 Å². The molecular formula is C19H28N4O. The fourth-order valence-electron chi connectivity index (χ4n) is 3.60. The maximum atomic E-state index is 5.61. The molecule has 1 aliphatic heterocycles. The third-order valence-corrected chi connectivity index (χ3v) is 5.00. The van der Waals surface area contributed by atoms with Gasteiger partial charge >= 0.3 is 0 Å². The zero-order chi connectivity index (χ0) is 16.9. The zero-order valence-corrected chi connectivity index (χ0v) is 14.9. The number of aryl methyl sites for hydroxylation is 2. The summed E-state index contributed by atoms with van der Waals surface area (Å²) in [6.45, 7) is 8.20. The second kappa shape index (κ2) is 7.81. The number of nitrogens with zero attached hydrogens (tertiary/aromatic N) is 2. The summed E-state index contributed by atoms with van der Waals surface area (Å²) in [7, 11) is 1.76. The van der Waals surface area contributed by atoms with Crippen LogP contribution in [0.25, 0.3) is 0 Å². The highest BCUT2D eigenvalue weighted by Gasteiger charge is 2.25. The SMILES string of the molecule is COc1ccccc1C(CNCc1c(C)n[nH]c1C)N1CCCC1. The number of hydrogen-bond acceptors (Lipinski definition) is 4. The summed E-state index contributed by atoms with van der Waals surface area (Å²) < 4.78 is 5.61. The minimum Gasteiger partial charge on any atom is -0.496 e. The van der Waals surface area contributed by atoms with Crippen molar-refractivity contribution < 1.29 is 4.74 Å². The van der Waals surface area contributed by atoms with Gasteiger partial charge < -0.3 is 10.1 Å². The number of ether oxygens (including phenoxy) is 1. The van der Waals surface area contributed by atoms with Crippen LogP contribution < -0.4 is 10.1 Å². The Morgan fingerprint density at radius 3 is 2.67 bits per heavy atom. The van der Waals surface area contributed by atoms with Crippen LogP contribution in [0.2, 0.25) is 0 Å². The van der Waals surface area contributed by atoms with Crippen LogP contribution in [0.15, 0.2) is 24.3 Å². The number of H-pyrrole nitrogens is 1. The summed E-state index contributed by atoms with van der Waals surface area (Å²) >= 11 is 0. The molecule has 2 aromatic rings. The van der Waals surface area contributed by atoms with Crippen molar-refractivity contribution in [3.63, 3.8) is 0 Å². The van der Waals surface area contributed by atoms with Gasteiger partial charge in [-0.25, -0.2) is 0 Å². The van der Waals surface area contributed by atoms with E-state index in [0.717, 1.165) is 43.3 Å². The largest absolute Gasteiger partial charge is 0.496 e. The van der Waals surface area contributed by atoms with E-state index in [-0.39, 0.29) is 0 Å². The molecular weight excluding hydrogens is 300 g/mol. The molecule has 2 N–H and O–H groups in total. The molecule has 1 unspecified atom stereocenters. The maximum Gasteiger partial charge on any atom is 0.123 e. The Balaban J connectivity index is 1.73. The number of aromatic amines is 1. The highest BCUT2D eigenvalue weighted by Crippen LogP contribution is 2.31. The Morgan fingerprint density at radius 1 is 1.25 bits per heavy atom. The normalized spacial score (nSPS) is 16.5. The molecule has 3 rings (SSSR count). The number of hydrogen-bond donors (Lipinski definition) is 2. The van der Waals surface area contributed by atoms with Gasteiger partial charge in [-0.15, -0.1) is 0 Å². The van der Waals surface area contributed by atoms with Gasteiger partial charge in [0.05, 0.1) is 18.8 Å². The lowest BCUT2D eigenvalue weighted by atomic mass is 10.0. The van der Waals surface area contributed by atoms with Crippen molar-refractivity contribution in [2.45, 2.75) is 39.3 Å². The molecule has 1 aromatic heterocycles. The smallest absolute Gasteiger partial charge is 0.123 e. The summed E-state index contributed by atoms with van der Waals surface area (Å²) in [6.07, 6.45) is 2.57. The molecule has 0 aliphatic carbocycles. The van der Waals surface area contributed by atoms with Crippen molar-refractivity contribution >= 4 is 0 Å². The molecule has 1 atom stereocenters. The molecule has 1 fully saturated rings. The van der Waals surface area contributed by atoms with E-state index in [2.05, 4.69) is 52.5 Å². The molecule has 2 heterocycles. The number of methoxy groups -OCH3 is 1. The van der Waals surface area contributed by atoms with Gasteiger partial charge in [-0.2, -0.15) is 5.10 Å². The van der Waals surface area contributed by atoms with E-state index in [1.54, 1.807) is 7.11 Å². The Bertz CT molecular complexity index is 642.